The largest absolute Gasteiger partial charge is 0.443 e. The number of thiazole rings is 1. The van der Waals surface area contributed by atoms with E-state index < -0.39 is 11.7 Å². The SMILES string of the molecule is CC(C)(C)OC(=O)n1c(-c2cncs2)c(-c2ccsc2C#N)c2ccccc21. The second-order valence-electron chi connectivity index (χ2n) is 7.20. The highest BCUT2D eigenvalue weighted by Crippen LogP contribution is 2.44. The number of carbonyl (C=O) groups excluding carboxylic acids is 1. The Morgan fingerprint density at radius 2 is 2.00 bits per heavy atom. The van der Waals surface area contributed by atoms with Crippen molar-refractivity contribution in [3.05, 3.63) is 52.3 Å². The van der Waals surface area contributed by atoms with Gasteiger partial charge in [-0.25, -0.2) is 9.36 Å². The molecule has 140 valence electrons. The van der Waals surface area contributed by atoms with Gasteiger partial charge in [0.1, 0.15) is 16.5 Å². The number of nitrogens with zero attached hydrogens (tertiary/aromatic N) is 3. The minimum Gasteiger partial charge on any atom is -0.443 e. The molecule has 0 amide bonds. The summed E-state index contributed by atoms with van der Waals surface area (Å²) in [6.07, 6.45) is 1.29. The molecule has 0 fully saturated rings. The predicted molar refractivity (Wildman–Crippen MR) is 113 cm³/mol. The first-order chi connectivity index (χ1) is 13.4. The molecule has 0 aliphatic heterocycles. The molecule has 0 spiro atoms. The number of fused-ring (bicyclic) bond motifs is 1. The zero-order valence-electron chi connectivity index (χ0n) is 15.6. The topological polar surface area (TPSA) is 67.9 Å². The molecular weight excluding hydrogens is 390 g/mol. The number of nitriles is 1. The first-order valence-corrected chi connectivity index (χ1v) is 10.4. The van der Waals surface area contributed by atoms with E-state index in [1.807, 2.05) is 56.5 Å². The van der Waals surface area contributed by atoms with Crippen LogP contribution in [-0.2, 0) is 4.74 Å². The number of benzene rings is 1. The van der Waals surface area contributed by atoms with Crippen molar-refractivity contribution in [2.75, 3.05) is 0 Å². The van der Waals surface area contributed by atoms with Crippen molar-refractivity contribution < 1.29 is 9.53 Å². The Morgan fingerprint density at radius 1 is 1.21 bits per heavy atom. The highest BCUT2D eigenvalue weighted by atomic mass is 32.1. The quantitative estimate of drug-likeness (QED) is 0.400. The summed E-state index contributed by atoms with van der Waals surface area (Å²) in [6, 6.07) is 11.9. The molecule has 3 aromatic heterocycles. The zero-order valence-corrected chi connectivity index (χ0v) is 17.2. The van der Waals surface area contributed by atoms with Crippen LogP contribution in [-0.4, -0.2) is 21.2 Å². The van der Waals surface area contributed by atoms with Crippen LogP contribution in [0.5, 0.6) is 0 Å². The Labute approximate surface area is 170 Å². The highest BCUT2D eigenvalue weighted by molar-refractivity contribution is 7.13. The van der Waals surface area contributed by atoms with Gasteiger partial charge >= 0.3 is 6.09 Å². The van der Waals surface area contributed by atoms with Crippen LogP contribution in [0.3, 0.4) is 0 Å². The molecule has 0 unspecified atom stereocenters. The molecule has 1 aromatic carbocycles. The first kappa shape index (κ1) is 18.4. The minimum absolute atomic E-state index is 0.452. The van der Waals surface area contributed by atoms with Crippen LogP contribution in [0.15, 0.2) is 47.4 Å². The van der Waals surface area contributed by atoms with Crippen molar-refractivity contribution in [1.29, 1.82) is 5.26 Å². The van der Waals surface area contributed by atoms with Crippen LogP contribution < -0.4 is 0 Å². The fraction of sp³-hybridized carbons (Fsp3) is 0.190. The smallest absolute Gasteiger partial charge is 0.419 e. The second-order valence-corrected chi connectivity index (χ2v) is 9.00. The second kappa shape index (κ2) is 6.89. The highest BCUT2D eigenvalue weighted by Gasteiger charge is 2.28. The summed E-state index contributed by atoms with van der Waals surface area (Å²) in [6.45, 7) is 5.53. The summed E-state index contributed by atoms with van der Waals surface area (Å²) in [5.74, 6) is 0. The van der Waals surface area contributed by atoms with Gasteiger partial charge in [0.25, 0.3) is 0 Å². The molecule has 3 heterocycles. The maximum atomic E-state index is 13.2. The van der Waals surface area contributed by atoms with Crippen molar-refractivity contribution in [2.24, 2.45) is 0 Å². The summed E-state index contributed by atoms with van der Waals surface area (Å²) < 4.78 is 7.30. The van der Waals surface area contributed by atoms with Gasteiger partial charge in [0.05, 0.1) is 21.6 Å². The summed E-state index contributed by atoms with van der Waals surface area (Å²) >= 11 is 2.83. The molecule has 0 saturated carbocycles. The van der Waals surface area contributed by atoms with E-state index in [1.54, 1.807) is 16.3 Å². The van der Waals surface area contributed by atoms with Crippen LogP contribution in [0.2, 0.25) is 0 Å². The minimum atomic E-state index is -0.631. The lowest BCUT2D eigenvalue weighted by Crippen LogP contribution is -2.27. The molecule has 0 aliphatic carbocycles. The lowest BCUT2D eigenvalue weighted by molar-refractivity contribution is 0.0547. The van der Waals surface area contributed by atoms with E-state index in [-0.39, 0.29) is 0 Å². The van der Waals surface area contributed by atoms with Gasteiger partial charge in [-0.05, 0) is 38.3 Å². The van der Waals surface area contributed by atoms with Crippen molar-refractivity contribution in [3.63, 3.8) is 0 Å². The van der Waals surface area contributed by atoms with Crippen molar-refractivity contribution in [2.45, 2.75) is 26.4 Å². The molecule has 0 saturated heterocycles. The van der Waals surface area contributed by atoms with E-state index in [1.165, 1.54) is 22.7 Å². The van der Waals surface area contributed by atoms with E-state index in [9.17, 15) is 10.1 Å². The van der Waals surface area contributed by atoms with Crippen LogP contribution >= 0.6 is 22.7 Å². The van der Waals surface area contributed by atoms with Crippen LogP contribution in [0.25, 0.3) is 32.6 Å². The monoisotopic (exact) mass is 407 g/mol. The Kier molecular flexibility index (Phi) is 4.53. The lowest BCUT2D eigenvalue weighted by atomic mass is 10.0. The molecule has 5 nitrogen and oxygen atoms in total. The number of rotatable bonds is 2. The van der Waals surface area contributed by atoms with Crippen LogP contribution in [0, 0.1) is 11.3 Å². The van der Waals surface area contributed by atoms with E-state index in [0.717, 1.165) is 26.9 Å². The van der Waals surface area contributed by atoms with Gasteiger partial charge in [-0.1, -0.05) is 18.2 Å². The number of hydrogen-bond donors (Lipinski definition) is 0. The number of thiophene rings is 1. The van der Waals surface area contributed by atoms with Crippen LogP contribution in [0.4, 0.5) is 4.79 Å². The summed E-state index contributed by atoms with van der Waals surface area (Å²) in [5.41, 5.74) is 4.21. The molecule has 7 heteroatoms. The van der Waals surface area contributed by atoms with Gasteiger partial charge in [0, 0.05) is 22.7 Å². The predicted octanol–water partition coefficient (Wildman–Crippen LogP) is 6.15. The van der Waals surface area contributed by atoms with Gasteiger partial charge in [0.2, 0.25) is 0 Å². The van der Waals surface area contributed by atoms with E-state index >= 15 is 0 Å². The number of carbonyl (C=O) groups is 1. The fourth-order valence-electron chi connectivity index (χ4n) is 3.17. The first-order valence-electron chi connectivity index (χ1n) is 8.64. The number of para-hydroxylation sites is 1. The van der Waals surface area contributed by atoms with E-state index in [4.69, 9.17) is 4.74 Å². The molecule has 0 N–H and O–H groups in total. The summed E-state index contributed by atoms with van der Waals surface area (Å²) in [4.78, 5) is 18.8. The summed E-state index contributed by atoms with van der Waals surface area (Å²) in [7, 11) is 0. The van der Waals surface area contributed by atoms with Crippen molar-refractivity contribution >= 4 is 39.7 Å². The molecule has 0 bridgehead atoms. The Balaban J connectivity index is 2.11. The van der Waals surface area contributed by atoms with Gasteiger partial charge in [-0.3, -0.25) is 4.98 Å². The molecular formula is C21H17N3O2S2. The standard InChI is InChI=1S/C21H17N3O2S2/c1-21(2,3)26-20(25)24-15-7-5-4-6-13(15)18(14-8-9-27-16(14)10-22)19(24)17-11-23-12-28-17/h4-9,11-12H,1-3H3. The normalized spacial score (nSPS) is 11.5. The van der Waals surface area contributed by atoms with Gasteiger partial charge < -0.3 is 4.74 Å². The van der Waals surface area contributed by atoms with Crippen LogP contribution in [0.1, 0.15) is 25.6 Å². The van der Waals surface area contributed by atoms with Crippen molar-refractivity contribution in [1.82, 2.24) is 9.55 Å². The maximum Gasteiger partial charge on any atom is 0.419 e. The number of hydrogen-bond acceptors (Lipinski definition) is 6. The molecule has 28 heavy (non-hydrogen) atoms. The number of ether oxygens (including phenoxy) is 1. The Bertz CT molecular complexity index is 1200. The van der Waals surface area contributed by atoms with Gasteiger partial charge in [-0.2, -0.15) is 5.26 Å². The summed E-state index contributed by atoms with van der Waals surface area (Å²) in [5, 5.41) is 12.4. The van der Waals surface area contributed by atoms with E-state index in [0.29, 0.717) is 10.6 Å². The molecule has 4 aromatic rings. The molecule has 4 rings (SSSR count). The Morgan fingerprint density at radius 3 is 2.68 bits per heavy atom. The average Bonchev–Trinajstić information content (AvgIpc) is 3.36. The number of aromatic nitrogens is 2. The maximum absolute atomic E-state index is 13.2. The Hall–Kier alpha value is -2.95. The molecule has 0 atom stereocenters. The van der Waals surface area contributed by atoms with E-state index in [2.05, 4.69) is 11.1 Å². The fourth-order valence-corrected chi connectivity index (χ4v) is 4.52. The van der Waals surface area contributed by atoms with Gasteiger partial charge in [0.15, 0.2) is 0 Å². The molecule has 0 aliphatic rings. The van der Waals surface area contributed by atoms with Gasteiger partial charge in [-0.15, -0.1) is 22.7 Å². The molecule has 0 radical (unpaired) electrons. The zero-order chi connectivity index (χ0) is 19.9. The average molecular weight is 408 g/mol. The third-order valence-corrected chi connectivity index (χ3v) is 5.75. The van der Waals surface area contributed by atoms with Crippen molar-refractivity contribution in [3.8, 4) is 27.8 Å². The lowest BCUT2D eigenvalue weighted by Gasteiger charge is -2.21. The third-order valence-electron chi connectivity index (χ3n) is 4.15. The third kappa shape index (κ3) is 3.11.